The van der Waals surface area contributed by atoms with Crippen LogP contribution in [-0.4, -0.2) is 30.8 Å². The van der Waals surface area contributed by atoms with Crippen LogP contribution >= 0.6 is 11.8 Å². The first kappa shape index (κ1) is 19.4. The molecule has 1 fully saturated rings. The molecule has 4 nitrogen and oxygen atoms in total. The topological polar surface area (TPSA) is 38.8 Å². The van der Waals surface area contributed by atoms with Crippen molar-refractivity contribution < 1.29 is 27.4 Å². The van der Waals surface area contributed by atoms with Crippen LogP contribution in [0.5, 0.6) is 11.5 Å². The highest BCUT2D eigenvalue weighted by molar-refractivity contribution is 8.00. The highest BCUT2D eigenvalue weighted by Crippen LogP contribution is 2.47. The van der Waals surface area contributed by atoms with Crippen LogP contribution in [0.1, 0.15) is 22.1 Å². The van der Waals surface area contributed by atoms with Gasteiger partial charge >= 0.3 is 6.18 Å². The monoisotopic (exact) mass is 397 g/mol. The quantitative estimate of drug-likeness (QED) is 0.745. The van der Waals surface area contributed by atoms with Gasteiger partial charge in [0, 0.05) is 6.54 Å². The summed E-state index contributed by atoms with van der Waals surface area (Å²) >= 11 is 1.43. The summed E-state index contributed by atoms with van der Waals surface area (Å²) in [5.74, 6) is 1.39. The van der Waals surface area contributed by atoms with Crippen molar-refractivity contribution >= 4 is 17.7 Å². The molecule has 0 radical (unpaired) electrons. The minimum absolute atomic E-state index is 0.0853. The SMILES string of the molecule is COc1cccc(OC)c1C1SCC(=O)N1Cc1ccc(C(F)(F)F)cc1. The van der Waals surface area contributed by atoms with Gasteiger partial charge in [-0.15, -0.1) is 11.8 Å². The number of halogens is 3. The number of hydrogen-bond acceptors (Lipinski definition) is 4. The van der Waals surface area contributed by atoms with Gasteiger partial charge in [0.2, 0.25) is 5.91 Å². The van der Waals surface area contributed by atoms with E-state index >= 15 is 0 Å². The van der Waals surface area contributed by atoms with Crippen molar-refractivity contribution in [2.24, 2.45) is 0 Å². The lowest BCUT2D eigenvalue weighted by Gasteiger charge is -2.27. The Bertz CT molecular complexity index is 802. The summed E-state index contributed by atoms with van der Waals surface area (Å²) < 4.78 is 49.1. The minimum atomic E-state index is -4.38. The van der Waals surface area contributed by atoms with E-state index in [1.165, 1.54) is 23.9 Å². The Labute approximate surface area is 159 Å². The van der Waals surface area contributed by atoms with Crippen molar-refractivity contribution in [2.45, 2.75) is 18.1 Å². The first-order valence-electron chi connectivity index (χ1n) is 8.13. The zero-order valence-electron chi connectivity index (χ0n) is 14.7. The maximum atomic E-state index is 12.7. The molecular weight excluding hydrogens is 379 g/mol. The molecule has 0 spiro atoms. The third-order valence-corrected chi connectivity index (χ3v) is 5.53. The van der Waals surface area contributed by atoms with Gasteiger partial charge in [-0.2, -0.15) is 13.2 Å². The highest BCUT2D eigenvalue weighted by Gasteiger charge is 2.37. The lowest BCUT2D eigenvalue weighted by atomic mass is 10.1. The average Bonchev–Trinajstić information content (AvgIpc) is 3.01. The molecule has 0 aliphatic carbocycles. The standard InChI is InChI=1S/C19H18F3NO3S/c1-25-14-4-3-5-15(26-2)17(14)18-23(16(24)11-27-18)10-12-6-8-13(9-7-12)19(20,21)22/h3-9,18H,10-11H2,1-2H3. The van der Waals surface area contributed by atoms with Crippen molar-refractivity contribution in [3.63, 3.8) is 0 Å². The molecule has 1 unspecified atom stereocenters. The van der Waals surface area contributed by atoms with Crippen molar-refractivity contribution in [1.82, 2.24) is 4.90 Å². The van der Waals surface area contributed by atoms with Gasteiger partial charge < -0.3 is 14.4 Å². The van der Waals surface area contributed by atoms with E-state index in [-0.39, 0.29) is 23.6 Å². The van der Waals surface area contributed by atoms with E-state index < -0.39 is 11.7 Å². The van der Waals surface area contributed by atoms with Crippen LogP contribution in [0.4, 0.5) is 13.2 Å². The molecule has 1 aliphatic rings. The second-order valence-corrected chi connectivity index (χ2v) is 7.02. The molecule has 0 bridgehead atoms. The molecule has 0 saturated carbocycles. The molecule has 2 aromatic carbocycles. The number of benzene rings is 2. The Morgan fingerprint density at radius 1 is 1.07 bits per heavy atom. The van der Waals surface area contributed by atoms with E-state index in [1.54, 1.807) is 37.3 Å². The average molecular weight is 397 g/mol. The summed E-state index contributed by atoms with van der Waals surface area (Å²) in [7, 11) is 3.08. The molecule has 0 aromatic heterocycles. The largest absolute Gasteiger partial charge is 0.496 e. The normalized spacial score (nSPS) is 17.3. The molecule has 8 heteroatoms. The number of carbonyl (C=O) groups excluding carboxylic acids is 1. The molecule has 1 heterocycles. The number of ether oxygens (including phenoxy) is 2. The molecule has 0 N–H and O–H groups in total. The van der Waals surface area contributed by atoms with E-state index in [1.807, 2.05) is 0 Å². The lowest BCUT2D eigenvalue weighted by Crippen LogP contribution is -2.28. The lowest BCUT2D eigenvalue weighted by molar-refractivity contribution is -0.137. The van der Waals surface area contributed by atoms with E-state index in [9.17, 15) is 18.0 Å². The van der Waals surface area contributed by atoms with Gasteiger partial charge in [0.25, 0.3) is 0 Å². The van der Waals surface area contributed by atoms with Crippen LogP contribution < -0.4 is 9.47 Å². The van der Waals surface area contributed by atoms with Gasteiger partial charge in [-0.25, -0.2) is 0 Å². The number of rotatable bonds is 5. The van der Waals surface area contributed by atoms with E-state index in [4.69, 9.17) is 9.47 Å². The smallest absolute Gasteiger partial charge is 0.416 e. The maximum Gasteiger partial charge on any atom is 0.416 e. The van der Waals surface area contributed by atoms with Crippen molar-refractivity contribution in [3.05, 3.63) is 59.2 Å². The fourth-order valence-corrected chi connectivity index (χ4v) is 4.22. The van der Waals surface area contributed by atoms with E-state index in [0.29, 0.717) is 17.1 Å². The molecule has 27 heavy (non-hydrogen) atoms. The summed E-state index contributed by atoms with van der Waals surface area (Å²) in [6, 6.07) is 10.2. The van der Waals surface area contributed by atoms with Crippen molar-refractivity contribution in [1.29, 1.82) is 0 Å². The van der Waals surface area contributed by atoms with E-state index in [2.05, 4.69) is 0 Å². The molecule has 1 amide bonds. The Morgan fingerprint density at radius 2 is 1.67 bits per heavy atom. The zero-order valence-corrected chi connectivity index (χ0v) is 15.6. The Kier molecular flexibility index (Phi) is 5.55. The predicted octanol–water partition coefficient (Wildman–Crippen LogP) is 4.50. The minimum Gasteiger partial charge on any atom is -0.496 e. The third-order valence-electron chi connectivity index (χ3n) is 4.32. The van der Waals surface area contributed by atoms with Crippen LogP contribution in [0.2, 0.25) is 0 Å². The Morgan fingerprint density at radius 3 is 2.19 bits per heavy atom. The summed E-state index contributed by atoms with van der Waals surface area (Å²) in [5.41, 5.74) is 0.652. The number of carbonyl (C=O) groups is 1. The summed E-state index contributed by atoms with van der Waals surface area (Å²) in [5, 5.41) is -0.342. The van der Waals surface area contributed by atoms with Crippen LogP contribution in [0, 0.1) is 0 Å². The van der Waals surface area contributed by atoms with Gasteiger partial charge in [-0.3, -0.25) is 4.79 Å². The summed E-state index contributed by atoms with van der Waals surface area (Å²) in [6.07, 6.45) is -4.38. The predicted molar refractivity (Wildman–Crippen MR) is 96.7 cm³/mol. The number of nitrogens with zero attached hydrogens (tertiary/aromatic N) is 1. The molecule has 3 rings (SSSR count). The van der Waals surface area contributed by atoms with Crippen LogP contribution in [0.3, 0.4) is 0 Å². The van der Waals surface area contributed by atoms with E-state index in [0.717, 1.165) is 17.7 Å². The number of hydrogen-bond donors (Lipinski definition) is 0. The highest BCUT2D eigenvalue weighted by atomic mass is 32.2. The van der Waals surface area contributed by atoms with Crippen LogP contribution in [0.25, 0.3) is 0 Å². The summed E-state index contributed by atoms with van der Waals surface area (Å²) in [6.45, 7) is 0.204. The molecule has 1 atom stereocenters. The number of alkyl halides is 3. The fraction of sp³-hybridized carbons (Fsp3) is 0.316. The molecule has 1 aliphatic heterocycles. The molecular formula is C19H18F3NO3S. The second kappa shape index (κ2) is 7.72. The van der Waals surface area contributed by atoms with Gasteiger partial charge in [0.1, 0.15) is 16.9 Å². The van der Waals surface area contributed by atoms with Crippen molar-refractivity contribution in [3.8, 4) is 11.5 Å². The van der Waals surface area contributed by atoms with Crippen LogP contribution in [-0.2, 0) is 17.5 Å². The van der Waals surface area contributed by atoms with Gasteiger partial charge in [-0.05, 0) is 29.8 Å². The molecule has 1 saturated heterocycles. The third kappa shape index (κ3) is 4.00. The maximum absolute atomic E-state index is 12.7. The van der Waals surface area contributed by atoms with Gasteiger partial charge in [-0.1, -0.05) is 18.2 Å². The first-order chi connectivity index (χ1) is 12.8. The first-order valence-corrected chi connectivity index (χ1v) is 9.18. The van der Waals surface area contributed by atoms with Crippen LogP contribution in [0.15, 0.2) is 42.5 Å². The van der Waals surface area contributed by atoms with Gasteiger partial charge in [0.15, 0.2) is 0 Å². The Balaban J connectivity index is 1.90. The number of amides is 1. The van der Waals surface area contributed by atoms with Gasteiger partial charge in [0.05, 0.1) is 31.1 Å². The Hall–Kier alpha value is -2.35. The molecule has 2 aromatic rings. The van der Waals surface area contributed by atoms with Crippen molar-refractivity contribution in [2.75, 3.05) is 20.0 Å². The number of thioether (sulfide) groups is 1. The fourth-order valence-electron chi connectivity index (χ4n) is 2.98. The molecule has 144 valence electrons. The zero-order chi connectivity index (χ0) is 19.6. The number of methoxy groups -OCH3 is 2. The second-order valence-electron chi connectivity index (χ2n) is 5.96. The summed E-state index contributed by atoms with van der Waals surface area (Å²) in [4.78, 5) is 14.1.